The van der Waals surface area contributed by atoms with Gasteiger partial charge in [0.1, 0.15) is 0 Å². The summed E-state index contributed by atoms with van der Waals surface area (Å²) in [5, 5.41) is 15.0. The number of aliphatic hydroxyl groups is 1. The lowest BCUT2D eigenvalue weighted by Gasteiger charge is -2.35. The second-order valence-corrected chi connectivity index (χ2v) is 4.98. The van der Waals surface area contributed by atoms with Gasteiger partial charge in [0.25, 0.3) is 0 Å². The molecule has 4 nitrogen and oxygen atoms in total. The van der Waals surface area contributed by atoms with E-state index in [-0.39, 0.29) is 6.10 Å². The normalized spacial score (nSPS) is 29.5. The van der Waals surface area contributed by atoms with Crippen LogP contribution in [0.1, 0.15) is 44.6 Å². The lowest BCUT2D eigenvalue weighted by molar-refractivity contribution is -0.0632. The van der Waals surface area contributed by atoms with Gasteiger partial charge < -0.3 is 9.84 Å². The van der Waals surface area contributed by atoms with Crippen LogP contribution in [0.5, 0.6) is 0 Å². The molecule has 1 aromatic rings. The molecule has 2 unspecified atom stereocenters. The summed E-state index contributed by atoms with van der Waals surface area (Å²) in [6.07, 6.45) is 8.54. The first-order valence-corrected chi connectivity index (χ1v) is 6.46. The summed E-state index contributed by atoms with van der Waals surface area (Å²) >= 11 is 0. The van der Waals surface area contributed by atoms with E-state index in [0.717, 1.165) is 37.8 Å². The van der Waals surface area contributed by atoms with Crippen LogP contribution in [0.4, 0.5) is 0 Å². The first-order valence-electron chi connectivity index (χ1n) is 6.46. The lowest BCUT2D eigenvalue weighted by atomic mass is 9.79. The topological polar surface area (TPSA) is 47.3 Å². The highest BCUT2D eigenvalue weighted by molar-refractivity contribution is 5.16. The van der Waals surface area contributed by atoms with E-state index < -0.39 is 5.60 Å². The van der Waals surface area contributed by atoms with Crippen molar-refractivity contribution in [2.45, 2.75) is 57.3 Å². The largest absolute Gasteiger partial charge is 0.385 e. The number of aryl methyl sites for hydroxylation is 1. The summed E-state index contributed by atoms with van der Waals surface area (Å²) in [4.78, 5) is 0. The highest BCUT2D eigenvalue weighted by Gasteiger charge is 2.36. The maximum atomic E-state index is 10.7. The highest BCUT2D eigenvalue weighted by atomic mass is 16.5. The van der Waals surface area contributed by atoms with Crippen molar-refractivity contribution in [3.8, 4) is 0 Å². The van der Waals surface area contributed by atoms with Crippen LogP contribution in [0.25, 0.3) is 0 Å². The molecule has 17 heavy (non-hydrogen) atoms. The molecule has 0 radical (unpaired) electrons. The zero-order chi connectivity index (χ0) is 12.3. The van der Waals surface area contributed by atoms with Crippen molar-refractivity contribution < 1.29 is 9.84 Å². The molecule has 1 N–H and O–H groups in total. The maximum absolute atomic E-state index is 10.7. The molecule has 96 valence electrons. The van der Waals surface area contributed by atoms with Crippen LogP contribution in [0.15, 0.2) is 12.4 Å². The van der Waals surface area contributed by atoms with Crippen molar-refractivity contribution in [3.63, 3.8) is 0 Å². The molecular formula is C13H22N2O2. The minimum absolute atomic E-state index is 0.170. The summed E-state index contributed by atoms with van der Waals surface area (Å²) in [7, 11) is 1.72. The minimum atomic E-state index is -0.745. The molecule has 4 heteroatoms. The SMILES string of the molecule is CCCn1cc(C2(O)CCCC(OC)C2)cn1. The van der Waals surface area contributed by atoms with Crippen molar-refractivity contribution in [2.24, 2.45) is 0 Å². The molecule has 1 aromatic heterocycles. The molecule has 1 saturated carbocycles. The number of rotatable bonds is 4. The predicted molar refractivity (Wildman–Crippen MR) is 65.7 cm³/mol. The van der Waals surface area contributed by atoms with Crippen LogP contribution in [-0.2, 0) is 16.9 Å². The molecule has 1 aliphatic rings. The zero-order valence-electron chi connectivity index (χ0n) is 10.7. The van der Waals surface area contributed by atoms with E-state index in [1.807, 2.05) is 10.9 Å². The van der Waals surface area contributed by atoms with Gasteiger partial charge in [0.15, 0.2) is 0 Å². The monoisotopic (exact) mass is 238 g/mol. The fourth-order valence-corrected chi connectivity index (χ4v) is 2.62. The van der Waals surface area contributed by atoms with E-state index in [1.165, 1.54) is 0 Å². The molecule has 2 rings (SSSR count). The van der Waals surface area contributed by atoms with Crippen LogP contribution in [0.2, 0.25) is 0 Å². The van der Waals surface area contributed by atoms with Gasteiger partial charge in [-0.25, -0.2) is 0 Å². The van der Waals surface area contributed by atoms with Gasteiger partial charge >= 0.3 is 0 Å². The lowest BCUT2D eigenvalue weighted by Crippen LogP contribution is -2.35. The van der Waals surface area contributed by atoms with E-state index in [1.54, 1.807) is 13.3 Å². The Balaban J connectivity index is 2.12. The molecule has 1 heterocycles. The number of nitrogens with zero attached hydrogens (tertiary/aromatic N) is 2. The van der Waals surface area contributed by atoms with Crippen molar-refractivity contribution in [1.29, 1.82) is 0 Å². The van der Waals surface area contributed by atoms with Gasteiger partial charge in [0.2, 0.25) is 0 Å². The molecule has 0 amide bonds. The summed E-state index contributed by atoms with van der Waals surface area (Å²) < 4.78 is 7.28. The number of aromatic nitrogens is 2. The number of ether oxygens (including phenoxy) is 1. The molecule has 0 saturated heterocycles. The van der Waals surface area contributed by atoms with Crippen molar-refractivity contribution in [1.82, 2.24) is 9.78 Å². The quantitative estimate of drug-likeness (QED) is 0.873. The molecule has 0 bridgehead atoms. The average molecular weight is 238 g/mol. The third-order valence-corrected chi connectivity index (χ3v) is 3.64. The Hall–Kier alpha value is -0.870. The van der Waals surface area contributed by atoms with Crippen LogP contribution in [0.3, 0.4) is 0 Å². The van der Waals surface area contributed by atoms with Gasteiger partial charge in [-0.15, -0.1) is 0 Å². The van der Waals surface area contributed by atoms with Gasteiger partial charge in [0.05, 0.1) is 17.9 Å². The Morgan fingerprint density at radius 1 is 1.65 bits per heavy atom. The van der Waals surface area contributed by atoms with Crippen LogP contribution >= 0.6 is 0 Å². The van der Waals surface area contributed by atoms with Crippen molar-refractivity contribution in [3.05, 3.63) is 18.0 Å². The molecular weight excluding hydrogens is 216 g/mol. The second kappa shape index (κ2) is 5.19. The summed E-state index contributed by atoms with van der Waals surface area (Å²) in [5.41, 5.74) is 0.193. The van der Waals surface area contributed by atoms with Gasteiger partial charge in [-0.2, -0.15) is 5.10 Å². The number of hydrogen-bond acceptors (Lipinski definition) is 3. The summed E-state index contributed by atoms with van der Waals surface area (Å²) in [6.45, 7) is 3.03. The standard InChI is InChI=1S/C13H22N2O2/c1-3-7-15-10-11(9-14-15)13(16)6-4-5-12(8-13)17-2/h9-10,12,16H,3-8H2,1-2H3. The van der Waals surface area contributed by atoms with Crippen molar-refractivity contribution >= 4 is 0 Å². The van der Waals surface area contributed by atoms with E-state index >= 15 is 0 Å². The fourth-order valence-electron chi connectivity index (χ4n) is 2.62. The van der Waals surface area contributed by atoms with Crippen LogP contribution < -0.4 is 0 Å². The highest BCUT2D eigenvalue weighted by Crippen LogP contribution is 2.37. The van der Waals surface area contributed by atoms with E-state index in [0.29, 0.717) is 6.42 Å². The fraction of sp³-hybridized carbons (Fsp3) is 0.769. The Labute approximate surface area is 103 Å². The maximum Gasteiger partial charge on any atom is 0.0951 e. The molecule has 1 aliphatic carbocycles. The third kappa shape index (κ3) is 2.69. The molecule has 1 fully saturated rings. The minimum Gasteiger partial charge on any atom is -0.385 e. The Morgan fingerprint density at radius 2 is 2.47 bits per heavy atom. The van der Waals surface area contributed by atoms with Crippen LogP contribution in [0, 0.1) is 0 Å². The van der Waals surface area contributed by atoms with E-state index in [2.05, 4.69) is 12.0 Å². The molecule has 2 atom stereocenters. The molecule has 0 aromatic carbocycles. The van der Waals surface area contributed by atoms with Crippen LogP contribution in [-0.4, -0.2) is 28.1 Å². The molecule has 0 aliphatic heterocycles. The first kappa shape index (κ1) is 12.6. The summed E-state index contributed by atoms with van der Waals surface area (Å²) in [5.74, 6) is 0. The number of methoxy groups -OCH3 is 1. The van der Waals surface area contributed by atoms with Crippen molar-refractivity contribution in [2.75, 3.05) is 7.11 Å². The smallest absolute Gasteiger partial charge is 0.0951 e. The van der Waals surface area contributed by atoms with E-state index in [9.17, 15) is 5.11 Å². The summed E-state index contributed by atoms with van der Waals surface area (Å²) in [6, 6.07) is 0. The first-order chi connectivity index (χ1) is 8.18. The Bertz CT molecular complexity index is 364. The Morgan fingerprint density at radius 3 is 3.18 bits per heavy atom. The van der Waals surface area contributed by atoms with Gasteiger partial charge in [-0.05, 0) is 25.7 Å². The molecule has 0 spiro atoms. The predicted octanol–water partition coefficient (Wildman–Crippen LogP) is 2.07. The second-order valence-electron chi connectivity index (χ2n) is 4.98. The van der Waals surface area contributed by atoms with E-state index in [4.69, 9.17) is 4.74 Å². The third-order valence-electron chi connectivity index (χ3n) is 3.64. The number of hydrogen-bond donors (Lipinski definition) is 1. The van der Waals surface area contributed by atoms with Gasteiger partial charge in [-0.3, -0.25) is 4.68 Å². The van der Waals surface area contributed by atoms with Gasteiger partial charge in [-0.1, -0.05) is 6.92 Å². The Kier molecular flexibility index (Phi) is 3.84. The average Bonchev–Trinajstić information content (AvgIpc) is 2.79. The zero-order valence-corrected chi connectivity index (χ0v) is 10.7. The van der Waals surface area contributed by atoms with Gasteiger partial charge in [0, 0.05) is 31.8 Å².